The minimum absolute atomic E-state index is 0.231. The maximum absolute atomic E-state index is 9.11. The van der Waals surface area contributed by atoms with Gasteiger partial charge in [0.05, 0.1) is 12.2 Å². The van der Waals surface area contributed by atoms with Crippen LogP contribution >= 0.6 is 0 Å². The van der Waals surface area contributed by atoms with Gasteiger partial charge < -0.3 is 10.2 Å². The Bertz CT molecular complexity index is 121. The molecule has 0 aromatic rings. The van der Waals surface area contributed by atoms with Gasteiger partial charge in [0.2, 0.25) is 0 Å². The van der Waals surface area contributed by atoms with Crippen molar-refractivity contribution in [2.45, 2.75) is 18.9 Å². The molecule has 0 saturated carbocycles. The lowest BCUT2D eigenvalue weighted by molar-refractivity contribution is 0.00456. The quantitative estimate of drug-likeness (QED) is 0.542. The van der Waals surface area contributed by atoms with E-state index in [2.05, 4.69) is 12.3 Å². The van der Waals surface area contributed by atoms with E-state index in [4.69, 9.17) is 10.2 Å². The summed E-state index contributed by atoms with van der Waals surface area (Å²) >= 11 is 0. The van der Waals surface area contributed by atoms with Crippen molar-refractivity contribution in [3.05, 3.63) is 18.4 Å². The Balaban J connectivity index is 3.71. The van der Waals surface area contributed by atoms with Gasteiger partial charge in [-0.25, -0.2) is 0 Å². The molecular weight excluding hydrogens is 116 g/mol. The van der Waals surface area contributed by atoms with E-state index in [0.717, 1.165) is 0 Å². The van der Waals surface area contributed by atoms with Gasteiger partial charge in [0.15, 0.2) is 0 Å². The highest BCUT2D eigenvalue weighted by Crippen LogP contribution is 2.06. The molecular formula is C7H12O2. The molecule has 0 bridgehead atoms. The molecule has 0 heterocycles. The van der Waals surface area contributed by atoms with Gasteiger partial charge in [-0.3, -0.25) is 0 Å². The van der Waals surface area contributed by atoms with Crippen molar-refractivity contribution in [1.82, 2.24) is 0 Å². The van der Waals surface area contributed by atoms with Gasteiger partial charge in [-0.05, 0) is 13.0 Å². The summed E-state index contributed by atoms with van der Waals surface area (Å²) in [5, 5.41) is 17.6. The van der Waals surface area contributed by atoms with Gasteiger partial charge in [-0.1, -0.05) is 6.58 Å². The zero-order valence-electron chi connectivity index (χ0n) is 5.59. The summed E-state index contributed by atoms with van der Waals surface area (Å²) in [6.07, 6.45) is 1.99. The van der Waals surface area contributed by atoms with Crippen LogP contribution in [-0.4, -0.2) is 22.4 Å². The summed E-state index contributed by atoms with van der Waals surface area (Å²) in [5.41, 5.74) is 1.50. The van der Waals surface area contributed by atoms with Crippen LogP contribution in [-0.2, 0) is 0 Å². The predicted molar refractivity (Wildman–Crippen MR) is 36.0 cm³/mol. The van der Waals surface area contributed by atoms with E-state index < -0.39 is 5.60 Å². The molecule has 0 aliphatic rings. The molecule has 0 aliphatic carbocycles. The van der Waals surface area contributed by atoms with Crippen molar-refractivity contribution in [3.63, 3.8) is 0 Å². The van der Waals surface area contributed by atoms with Gasteiger partial charge in [-0.2, -0.15) is 0 Å². The average molecular weight is 128 g/mol. The van der Waals surface area contributed by atoms with Crippen molar-refractivity contribution in [1.29, 1.82) is 0 Å². The Hall–Kier alpha value is -0.560. The standard InChI is InChI=1S/C7H12O2/c1-3-4-5-7(2,9)6-8/h4,8-9H,1,5-6H2,2H3. The van der Waals surface area contributed by atoms with Crippen LogP contribution in [0.5, 0.6) is 0 Å². The van der Waals surface area contributed by atoms with Crippen LogP contribution in [0.3, 0.4) is 0 Å². The van der Waals surface area contributed by atoms with Crippen molar-refractivity contribution >= 4 is 0 Å². The number of aliphatic hydroxyl groups excluding tert-OH is 1. The molecule has 0 aromatic heterocycles. The normalized spacial score (nSPS) is 15.9. The largest absolute Gasteiger partial charge is 0.393 e. The Labute approximate surface area is 55.1 Å². The topological polar surface area (TPSA) is 40.5 Å². The first-order valence-electron chi connectivity index (χ1n) is 2.80. The molecule has 9 heavy (non-hydrogen) atoms. The number of aliphatic hydroxyl groups is 2. The van der Waals surface area contributed by atoms with Crippen molar-refractivity contribution in [2.75, 3.05) is 6.61 Å². The Kier molecular flexibility index (Phi) is 3.25. The number of hydrogen-bond acceptors (Lipinski definition) is 2. The molecule has 1 unspecified atom stereocenters. The molecule has 52 valence electrons. The Morgan fingerprint density at radius 2 is 2.33 bits per heavy atom. The van der Waals surface area contributed by atoms with Gasteiger partial charge in [0.25, 0.3) is 0 Å². The zero-order chi connectivity index (χ0) is 7.33. The fourth-order valence-corrected chi connectivity index (χ4v) is 0.357. The van der Waals surface area contributed by atoms with Gasteiger partial charge in [0, 0.05) is 6.42 Å². The average Bonchev–Trinajstić information content (AvgIpc) is 1.84. The third-order valence-electron chi connectivity index (χ3n) is 1.03. The minimum Gasteiger partial charge on any atom is -0.393 e. The third kappa shape index (κ3) is 3.98. The fraction of sp³-hybridized carbons (Fsp3) is 0.571. The monoisotopic (exact) mass is 128 g/mol. The maximum Gasteiger partial charge on any atom is 0.0889 e. The second-order valence-corrected chi connectivity index (χ2v) is 2.27. The molecule has 0 aliphatic heterocycles. The summed E-state index contributed by atoms with van der Waals surface area (Å²) in [5.74, 6) is 0. The molecule has 0 fully saturated rings. The summed E-state index contributed by atoms with van der Waals surface area (Å²) in [6, 6.07) is 0. The summed E-state index contributed by atoms with van der Waals surface area (Å²) in [6.45, 7) is 4.65. The Morgan fingerprint density at radius 1 is 1.78 bits per heavy atom. The molecule has 0 amide bonds. The van der Waals surface area contributed by atoms with Crippen LogP contribution in [0.25, 0.3) is 0 Å². The van der Waals surface area contributed by atoms with Crippen molar-refractivity contribution < 1.29 is 10.2 Å². The fourth-order valence-electron chi connectivity index (χ4n) is 0.357. The Morgan fingerprint density at radius 3 is 2.67 bits per heavy atom. The van der Waals surface area contributed by atoms with Crippen LogP contribution in [0.4, 0.5) is 0 Å². The first-order valence-corrected chi connectivity index (χ1v) is 2.80. The lowest BCUT2D eigenvalue weighted by atomic mass is 10.0. The van der Waals surface area contributed by atoms with Crippen LogP contribution < -0.4 is 0 Å². The van der Waals surface area contributed by atoms with Gasteiger partial charge in [0.1, 0.15) is 0 Å². The van der Waals surface area contributed by atoms with Crippen LogP contribution in [0.1, 0.15) is 13.3 Å². The third-order valence-corrected chi connectivity index (χ3v) is 1.03. The molecule has 0 spiro atoms. The second-order valence-electron chi connectivity index (χ2n) is 2.27. The van der Waals surface area contributed by atoms with E-state index in [1.165, 1.54) is 0 Å². The molecule has 0 saturated heterocycles. The highest BCUT2D eigenvalue weighted by atomic mass is 16.3. The smallest absolute Gasteiger partial charge is 0.0889 e. The van der Waals surface area contributed by atoms with E-state index in [1.807, 2.05) is 0 Å². The lowest BCUT2D eigenvalue weighted by Gasteiger charge is -2.16. The van der Waals surface area contributed by atoms with E-state index in [9.17, 15) is 0 Å². The number of rotatable bonds is 3. The molecule has 0 radical (unpaired) electrons. The highest BCUT2D eigenvalue weighted by molar-refractivity contribution is 4.85. The zero-order valence-corrected chi connectivity index (χ0v) is 5.59. The molecule has 1 atom stereocenters. The molecule has 2 heteroatoms. The minimum atomic E-state index is -1.01. The van der Waals surface area contributed by atoms with Gasteiger partial charge >= 0.3 is 0 Å². The van der Waals surface area contributed by atoms with Gasteiger partial charge in [-0.15, -0.1) is 5.73 Å². The van der Waals surface area contributed by atoms with Crippen molar-refractivity contribution in [3.8, 4) is 0 Å². The first kappa shape index (κ1) is 8.44. The molecule has 0 rings (SSSR count). The molecule has 2 nitrogen and oxygen atoms in total. The SMILES string of the molecule is C=C=CCC(C)(O)CO. The highest BCUT2D eigenvalue weighted by Gasteiger charge is 2.15. The lowest BCUT2D eigenvalue weighted by Crippen LogP contribution is -2.27. The van der Waals surface area contributed by atoms with Crippen molar-refractivity contribution in [2.24, 2.45) is 0 Å². The van der Waals surface area contributed by atoms with E-state index in [0.29, 0.717) is 6.42 Å². The molecule has 0 aromatic carbocycles. The predicted octanol–water partition coefficient (Wildman–Crippen LogP) is 0.461. The van der Waals surface area contributed by atoms with Crippen LogP contribution in [0, 0.1) is 0 Å². The maximum atomic E-state index is 9.11. The van der Waals surface area contributed by atoms with E-state index in [1.54, 1.807) is 13.0 Å². The van der Waals surface area contributed by atoms with E-state index >= 15 is 0 Å². The summed E-state index contributed by atoms with van der Waals surface area (Å²) in [7, 11) is 0. The molecule has 2 N–H and O–H groups in total. The first-order chi connectivity index (χ1) is 4.12. The van der Waals surface area contributed by atoms with Crippen LogP contribution in [0.2, 0.25) is 0 Å². The summed E-state index contributed by atoms with van der Waals surface area (Å²) in [4.78, 5) is 0. The van der Waals surface area contributed by atoms with Crippen LogP contribution in [0.15, 0.2) is 18.4 Å². The summed E-state index contributed by atoms with van der Waals surface area (Å²) < 4.78 is 0. The number of hydrogen-bond donors (Lipinski definition) is 2. The second kappa shape index (κ2) is 3.46. The van der Waals surface area contributed by atoms with E-state index in [-0.39, 0.29) is 6.61 Å².